The van der Waals surface area contributed by atoms with E-state index >= 15 is 0 Å². The minimum absolute atomic E-state index is 0.0201. The molecule has 1 atom stereocenters. The highest BCUT2D eigenvalue weighted by Crippen LogP contribution is 2.29. The average molecular weight is 681 g/mol. The maximum Gasteiger partial charge on any atom is 0.264 e. The largest absolute Gasteiger partial charge is 0.457 e. The van der Waals surface area contributed by atoms with Crippen molar-refractivity contribution in [1.29, 1.82) is 0 Å². The highest BCUT2D eigenvalue weighted by Gasteiger charge is 2.33. The molecule has 0 spiro atoms. The monoisotopic (exact) mass is 679 g/mol. The number of amides is 2. The molecule has 0 bridgehead atoms. The predicted octanol–water partition coefficient (Wildman–Crippen LogP) is 7.46. The molecule has 0 aromatic heterocycles. The van der Waals surface area contributed by atoms with Crippen LogP contribution in [0, 0.1) is 0 Å². The van der Waals surface area contributed by atoms with E-state index < -0.39 is 28.5 Å². The maximum atomic E-state index is 14.2. The van der Waals surface area contributed by atoms with Gasteiger partial charge in [-0.3, -0.25) is 13.9 Å². The van der Waals surface area contributed by atoms with Crippen LogP contribution in [0.15, 0.2) is 108 Å². The Morgan fingerprint density at radius 1 is 0.870 bits per heavy atom. The fourth-order valence-corrected chi connectivity index (χ4v) is 7.26. The third-order valence-electron chi connectivity index (χ3n) is 7.94. The van der Waals surface area contributed by atoms with Gasteiger partial charge in [-0.25, -0.2) is 8.42 Å². The normalized spacial score (nSPS) is 14.0. The van der Waals surface area contributed by atoms with E-state index in [1.807, 2.05) is 30.3 Å². The van der Waals surface area contributed by atoms with E-state index in [1.54, 1.807) is 67.6 Å². The van der Waals surface area contributed by atoms with Crippen LogP contribution in [0.5, 0.6) is 11.5 Å². The number of halogens is 2. The van der Waals surface area contributed by atoms with Crippen molar-refractivity contribution in [3.63, 3.8) is 0 Å². The summed E-state index contributed by atoms with van der Waals surface area (Å²) in [7, 11) is -4.20. The van der Waals surface area contributed by atoms with Gasteiger partial charge in [0.2, 0.25) is 11.8 Å². The van der Waals surface area contributed by atoms with Crippen molar-refractivity contribution in [2.45, 2.75) is 56.1 Å². The van der Waals surface area contributed by atoms with Crippen LogP contribution < -0.4 is 14.4 Å². The number of sulfonamides is 1. The number of carbonyl (C=O) groups is 2. The van der Waals surface area contributed by atoms with Crippen molar-refractivity contribution >= 4 is 50.7 Å². The van der Waals surface area contributed by atoms with Gasteiger partial charge < -0.3 is 15.0 Å². The zero-order chi connectivity index (χ0) is 32.7. The van der Waals surface area contributed by atoms with Gasteiger partial charge in [0.05, 0.1) is 10.6 Å². The van der Waals surface area contributed by atoms with Crippen molar-refractivity contribution in [3.05, 3.63) is 119 Å². The first kappa shape index (κ1) is 33.3. The molecule has 1 N–H and O–H groups in total. The first-order valence-electron chi connectivity index (χ1n) is 15.1. The minimum atomic E-state index is -4.20. The fourth-order valence-electron chi connectivity index (χ4n) is 5.36. The molecule has 2 amide bonds. The zero-order valence-corrected chi connectivity index (χ0v) is 27.6. The van der Waals surface area contributed by atoms with Gasteiger partial charge in [0, 0.05) is 22.6 Å². The molecule has 4 aromatic carbocycles. The quantitative estimate of drug-likeness (QED) is 0.168. The standard InChI is InChI=1S/C35H35Cl2N3O5S/c1-25(35(42)38-28-10-8-9-11-28)39(23-26-16-17-27(36)22-33(26)37)34(41)24-40(46(43,44)32-14-6-3-7-15-32)29-18-20-31(21-19-29)45-30-12-4-2-5-13-30/h2-7,12-22,25,28H,8-11,23-24H2,1H3,(H,38,42)/t25-/m0/s1. The van der Waals surface area contributed by atoms with Crippen molar-refractivity contribution in [1.82, 2.24) is 10.2 Å². The summed E-state index contributed by atoms with van der Waals surface area (Å²) in [6.07, 6.45) is 3.82. The van der Waals surface area contributed by atoms with Crippen molar-refractivity contribution in [2.75, 3.05) is 10.8 Å². The van der Waals surface area contributed by atoms with E-state index in [0.717, 1.165) is 30.0 Å². The van der Waals surface area contributed by atoms with Crippen LogP contribution in [0.4, 0.5) is 5.69 Å². The lowest BCUT2D eigenvalue weighted by Crippen LogP contribution is -2.52. The van der Waals surface area contributed by atoms with Gasteiger partial charge >= 0.3 is 0 Å². The first-order valence-corrected chi connectivity index (χ1v) is 17.3. The van der Waals surface area contributed by atoms with Crippen LogP contribution in [0.25, 0.3) is 0 Å². The van der Waals surface area contributed by atoms with Crippen LogP contribution in [0.3, 0.4) is 0 Å². The second kappa shape index (κ2) is 15.0. The molecule has 11 heteroatoms. The highest BCUT2D eigenvalue weighted by atomic mass is 35.5. The van der Waals surface area contributed by atoms with E-state index in [9.17, 15) is 18.0 Å². The number of anilines is 1. The number of nitrogens with zero attached hydrogens (tertiary/aromatic N) is 2. The Kier molecular flexibility index (Phi) is 10.9. The molecule has 0 aliphatic heterocycles. The lowest BCUT2D eigenvalue weighted by Gasteiger charge is -2.32. The van der Waals surface area contributed by atoms with Crippen molar-refractivity contribution < 1.29 is 22.7 Å². The Morgan fingerprint density at radius 3 is 2.11 bits per heavy atom. The van der Waals surface area contributed by atoms with Crippen LogP contribution in [-0.2, 0) is 26.2 Å². The number of hydrogen-bond acceptors (Lipinski definition) is 5. The Hall–Kier alpha value is -4.05. The summed E-state index contributed by atoms with van der Waals surface area (Å²) in [4.78, 5) is 29.0. The number of benzene rings is 4. The second-order valence-corrected chi connectivity index (χ2v) is 13.9. The molecule has 1 aliphatic carbocycles. The number of carbonyl (C=O) groups excluding carboxylic acids is 2. The summed E-state index contributed by atoms with van der Waals surface area (Å²) in [5, 5.41) is 3.82. The molecule has 46 heavy (non-hydrogen) atoms. The smallest absolute Gasteiger partial charge is 0.264 e. The van der Waals surface area contributed by atoms with Crippen LogP contribution in [0.1, 0.15) is 38.2 Å². The predicted molar refractivity (Wildman–Crippen MR) is 181 cm³/mol. The molecule has 1 aliphatic rings. The number of ether oxygens (including phenoxy) is 1. The molecule has 0 heterocycles. The Morgan fingerprint density at radius 2 is 1.48 bits per heavy atom. The second-order valence-electron chi connectivity index (χ2n) is 11.2. The van der Waals surface area contributed by atoms with Crippen LogP contribution in [0.2, 0.25) is 10.0 Å². The van der Waals surface area contributed by atoms with Gasteiger partial charge in [0.1, 0.15) is 24.1 Å². The SMILES string of the molecule is C[C@@H](C(=O)NC1CCCC1)N(Cc1ccc(Cl)cc1Cl)C(=O)CN(c1ccc(Oc2ccccc2)cc1)S(=O)(=O)c1ccccc1. The lowest BCUT2D eigenvalue weighted by molar-refractivity contribution is -0.139. The van der Waals surface area contributed by atoms with Gasteiger partial charge in [-0.2, -0.15) is 0 Å². The fraction of sp³-hybridized carbons (Fsp3) is 0.257. The topological polar surface area (TPSA) is 96.0 Å². The summed E-state index contributed by atoms with van der Waals surface area (Å²) in [6, 6.07) is 27.6. The van der Waals surface area contributed by atoms with Crippen molar-refractivity contribution in [2.24, 2.45) is 0 Å². The first-order chi connectivity index (χ1) is 22.1. The summed E-state index contributed by atoms with van der Waals surface area (Å²) in [5.74, 6) is 0.226. The molecule has 0 radical (unpaired) electrons. The summed E-state index contributed by atoms with van der Waals surface area (Å²) >= 11 is 12.6. The Labute approximate surface area is 279 Å². The molecule has 240 valence electrons. The number of nitrogens with one attached hydrogen (secondary N) is 1. The summed E-state index contributed by atoms with van der Waals surface area (Å²) < 4.78 is 35.1. The minimum Gasteiger partial charge on any atom is -0.457 e. The van der Waals surface area contributed by atoms with E-state index in [-0.39, 0.29) is 29.1 Å². The van der Waals surface area contributed by atoms with Gasteiger partial charge in [-0.1, -0.05) is 78.5 Å². The molecule has 0 saturated heterocycles. The Balaban J connectivity index is 1.47. The molecule has 1 fully saturated rings. The van der Waals surface area contributed by atoms with Gasteiger partial charge in [0.25, 0.3) is 10.0 Å². The van der Waals surface area contributed by atoms with E-state index in [4.69, 9.17) is 27.9 Å². The third kappa shape index (κ3) is 8.20. The van der Waals surface area contributed by atoms with Gasteiger partial charge in [0.15, 0.2) is 0 Å². The number of rotatable bonds is 12. The Bertz CT molecular complexity index is 1750. The molecular weight excluding hydrogens is 645 g/mol. The van der Waals surface area contributed by atoms with E-state index in [0.29, 0.717) is 27.1 Å². The van der Waals surface area contributed by atoms with Crippen LogP contribution in [-0.4, -0.2) is 43.8 Å². The van der Waals surface area contributed by atoms with E-state index in [1.165, 1.54) is 17.0 Å². The highest BCUT2D eigenvalue weighted by molar-refractivity contribution is 7.92. The molecular formula is C35H35Cl2N3O5S. The molecule has 8 nitrogen and oxygen atoms in total. The molecule has 4 aromatic rings. The number of para-hydroxylation sites is 1. The molecule has 5 rings (SSSR count). The molecule has 1 saturated carbocycles. The maximum absolute atomic E-state index is 14.2. The lowest BCUT2D eigenvalue weighted by atomic mass is 10.1. The number of hydrogen-bond donors (Lipinski definition) is 1. The summed E-state index contributed by atoms with van der Waals surface area (Å²) in [5.41, 5.74) is 0.824. The zero-order valence-electron chi connectivity index (χ0n) is 25.3. The molecule has 0 unspecified atom stereocenters. The van der Waals surface area contributed by atoms with Crippen molar-refractivity contribution in [3.8, 4) is 11.5 Å². The van der Waals surface area contributed by atoms with E-state index in [2.05, 4.69) is 5.32 Å². The average Bonchev–Trinajstić information content (AvgIpc) is 3.57. The van der Waals surface area contributed by atoms with Crippen LogP contribution >= 0.6 is 23.2 Å². The third-order valence-corrected chi connectivity index (χ3v) is 10.3. The van der Waals surface area contributed by atoms with Gasteiger partial charge in [-0.15, -0.1) is 0 Å². The summed E-state index contributed by atoms with van der Waals surface area (Å²) in [6.45, 7) is 1.04. The van der Waals surface area contributed by atoms with Gasteiger partial charge in [-0.05, 0) is 86.0 Å².